The molecule has 9 aromatic carbocycles. The van der Waals surface area contributed by atoms with Crippen molar-refractivity contribution >= 4 is 65.2 Å². The molecular formula is C53H33N5. The first-order valence-electron chi connectivity index (χ1n) is 19.6. The number of hydrogen-bond acceptors (Lipinski definition) is 3. The highest BCUT2D eigenvalue weighted by molar-refractivity contribution is 6.15. The van der Waals surface area contributed by atoms with Crippen LogP contribution in [0.1, 0.15) is 0 Å². The fourth-order valence-corrected chi connectivity index (χ4v) is 8.85. The summed E-state index contributed by atoms with van der Waals surface area (Å²) in [5.74, 6) is 1.94. The summed E-state index contributed by atoms with van der Waals surface area (Å²) >= 11 is 0. The maximum absolute atomic E-state index is 5.07. The molecule has 5 heteroatoms. The van der Waals surface area contributed by atoms with Gasteiger partial charge in [0.1, 0.15) is 0 Å². The molecule has 12 aromatic rings. The third-order valence-corrected chi connectivity index (χ3v) is 11.5. The summed E-state index contributed by atoms with van der Waals surface area (Å²) < 4.78 is 4.82. The summed E-state index contributed by atoms with van der Waals surface area (Å²) in [5, 5.41) is 9.56. The quantitative estimate of drug-likeness (QED) is 0.177. The normalized spacial score (nSPS) is 11.8. The van der Waals surface area contributed by atoms with E-state index >= 15 is 0 Å². The first-order chi connectivity index (χ1) is 28.7. The van der Waals surface area contributed by atoms with Crippen LogP contribution in [0.15, 0.2) is 200 Å². The SMILES string of the molecule is c1ccc(-c2nc(-c3ccccc3)nc(-c3cccc4cc(-n5c6ccc(-n7c8ccccc8c8ccccc87)cc6c6cc7ccccc7cc65)ccc34)n2)cc1. The molecule has 0 saturated carbocycles. The van der Waals surface area contributed by atoms with E-state index in [0.717, 1.165) is 44.4 Å². The molecule has 12 rings (SSSR count). The lowest BCUT2D eigenvalue weighted by atomic mass is 10.0. The van der Waals surface area contributed by atoms with Crippen LogP contribution in [0.4, 0.5) is 0 Å². The molecule has 5 nitrogen and oxygen atoms in total. The smallest absolute Gasteiger partial charge is 0.164 e. The van der Waals surface area contributed by atoms with Crippen molar-refractivity contribution in [3.63, 3.8) is 0 Å². The Hall–Kier alpha value is -7.89. The number of aromatic nitrogens is 5. The molecule has 3 aromatic heterocycles. The maximum atomic E-state index is 5.07. The van der Waals surface area contributed by atoms with Gasteiger partial charge in [0, 0.05) is 49.6 Å². The topological polar surface area (TPSA) is 48.5 Å². The van der Waals surface area contributed by atoms with Gasteiger partial charge >= 0.3 is 0 Å². The molecule has 0 aliphatic rings. The summed E-state index contributed by atoms with van der Waals surface area (Å²) in [5.41, 5.74) is 9.82. The second kappa shape index (κ2) is 12.8. The molecule has 0 amide bonds. The Bertz CT molecular complexity index is 3450. The second-order valence-electron chi connectivity index (χ2n) is 14.9. The van der Waals surface area contributed by atoms with Crippen LogP contribution < -0.4 is 0 Å². The number of benzene rings is 9. The largest absolute Gasteiger partial charge is 0.309 e. The maximum Gasteiger partial charge on any atom is 0.164 e. The van der Waals surface area contributed by atoms with E-state index in [0.29, 0.717) is 17.5 Å². The van der Waals surface area contributed by atoms with Crippen molar-refractivity contribution in [2.24, 2.45) is 0 Å². The van der Waals surface area contributed by atoms with Gasteiger partial charge in [-0.3, -0.25) is 0 Å². The first kappa shape index (κ1) is 32.4. The van der Waals surface area contributed by atoms with Crippen LogP contribution in [0.5, 0.6) is 0 Å². The molecule has 270 valence electrons. The van der Waals surface area contributed by atoms with Gasteiger partial charge in [-0.25, -0.2) is 15.0 Å². The van der Waals surface area contributed by atoms with Crippen LogP contribution in [-0.2, 0) is 0 Å². The second-order valence-corrected chi connectivity index (χ2v) is 14.9. The molecule has 3 heterocycles. The number of fused-ring (bicyclic) bond motifs is 8. The third kappa shape index (κ3) is 5.07. The number of nitrogens with zero attached hydrogens (tertiary/aromatic N) is 5. The van der Waals surface area contributed by atoms with E-state index in [4.69, 9.17) is 15.0 Å². The zero-order chi connectivity index (χ0) is 38.2. The van der Waals surface area contributed by atoms with Crippen molar-refractivity contribution in [1.29, 1.82) is 0 Å². The molecular weight excluding hydrogens is 707 g/mol. The molecule has 0 N–H and O–H groups in total. The average Bonchev–Trinajstić information content (AvgIpc) is 3.80. The minimum absolute atomic E-state index is 0.645. The van der Waals surface area contributed by atoms with Gasteiger partial charge in [0.15, 0.2) is 17.5 Å². The van der Waals surface area contributed by atoms with Gasteiger partial charge in [0.2, 0.25) is 0 Å². The lowest BCUT2D eigenvalue weighted by Crippen LogP contribution is -2.00. The highest BCUT2D eigenvalue weighted by atomic mass is 15.0. The van der Waals surface area contributed by atoms with Gasteiger partial charge in [-0.1, -0.05) is 146 Å². The van der Waals surface area contributed by atoms with Gasteiger partial charge in [-0.2, -0.15) is 0 Å². The van der Waals surface area contributed by atoms with E-state index in [1.54, 1.807) is 0 Å². The molecule has 0 saturated heterocycles. The molecule has 0 aliphatic carbocycles. The van der Waals surface area contributed by atoms with Gasteiger partial charge in [0.05, 0.1) is 22.1 Å². The third-order valence-electron chi connectivity index (χ3n) is 11.5. The van der Waals surface area contributed by atoms with E-state index in [1.807, 2.05) is 60.7 Å². The Balaban J connectivity index is 1.06. The van der Waals surface area contributed by atoms with Crippen LogP contribution in [-0.4, -0.2) is 24.1 Å². The van der Waals surface area contributed by atoms with Crippen LogP contribution in [0.2, 0.25) is 0 Å². The predicted octanol–water partition coefficient (Wildman–Crippen LogP) is 13.4. The number of hydrogen-bond donors (Lipinski definition) is 0. The van der Waals surface area contributed by atoms with Crippen molar-refractivity contribution < 1.29 is 0 Å². The molecule has 0 atom stereocenters. The summed E-state index contributed by atoms with van der Waals surface area (Å²) in [7, 11) is 0. The van der Waals surface area contributed by atoms with E-state index in [1.165, 1.54) is 48.9 Å². The lowest BCUT2D eigenvalue weighted by Gasteiger charge is -2.13. The number of rotatable bonds is 5. The Morgan fingerprint density at radius 2 is 0.776 bits per heavy atom. The lowest BCUT2D eigenvalue weighted by molar-refractivity contribution is 1.08. The minimum atomic E-state index is 0.645. The van der Waals surface area contributed by atoms with E-state index in [2.05, 4.69) is 149 Å². The Labute approximate surface area is 333 Å². The van der Waals surface area contributed by atoms with Crippen molar-refractivity contribution in [2.45, 2.75) is 0 Å². The molecule has 58 heavy (non-hydrogen) atoms. The fourth-order valence-electron chi connectivity index (χ4n) is 8.85. The highest BCUT2D eigenvalue weighted by Crippen LogP contribution is 2.39. The first-order valence-corrected chi connectivity index (χ1v) is 19.6. The highest BCUT2D eigenvalue weighted by Gasteiger charge is 2.19. The Morgan fingerprint density at radius 1 is 0.276 bits per heavy atom. The van der Waals surface area contributed by atoms with Crippen LogP contribution in [0.3, 0.4) is 0 Å². The molecule has 0 unspecified atom stereocenters. The molecule has 0 spiro atoms. The predicted molar refractivity (Wildman–Crippen MR) is 240 cm³/mol. The van der Waals surface area contributed by atoms with Crippen molar-refractivity contribution in [2.75, 3.05) is 0 Å². The average molecular weight is 740 g/mol. The van der Waals surface area contributed by atoms with Gasteiger partial charge in [0.25, 0.3) is 0 Å². The minimum Gasteiger partial charge on any atom is -0.309 e. The van der Waals surface area contributed by atoms with E-state index in [-0.39, 0.29) is 0 Å². The molecule has 0 aliphatic heterocycles. The van der Waals surface area contributed by atoms with Crippen LogP contribution in [0, 0.1) is 0 Å². The van der Waals surface area contributed by atoms with Crippen molar-refractivity contribution in [1.82, 2.24) is 24.1 Å². The molecule has 0 fully saturated rings. The fraction of sp³-hybridized carbons (Fsp3) is 0. The van der Waals surface area contributed by atoms with Gasteiger partial charge < -0.3 is 9.13 Å². The van der Waals surface area contributed by atoms with Crippen molar-refractivity contribution in [3.05, 3.63) is 200 Å². The number of para-hydroxylation sites is 2. The summed E-state index contributed by atoms with van der Waals surface area (Å²) in [6, 6.07) is 71.1. The Morgan fingerprint density at radius 3 is 1.47 bits per heavy atom. The standard InChI is InChI=1S/C53H33N5/c1-3-14-34(15-4-1)51-54-52(35-16-5-2-6-17-35)56-53(55-51)44-23-13-20-38-30-39(26-28-41(38)44)58-49-29-27-40(33-46(49)45-31-36-18-7-8-19-37(36)32-50(45)58)57-47-24-11-9-21-42(47)43-22-10-12-25-48(43)57/h1-33H. The van der Waals surface area contributed by atoms with Gasteiger partial charge in [-0.05, 0) is 76.1 Å². The van der Waals surface area contributed by atoms with E-state index in [9.17, 15) is 0 Å². The molecule has 0 bridgehead atoms. The Kier molecular flexibility index (Phi) is 7.16. The summed E-state index contributed by atoms with van der Waals surface area (Å²) in [4.78, 5) is 15.1. The summed E-state index contributed by atoms with van der Waals surface area (Å²) in [6.45, 7) is 0. The van der Waals surface area contributed by atoms with Crippen LogP contribution >= 0.6 is 0 Å². The zero-order valence-corrected chi connectivity index (χ0v) is 31.3. The van der Waals surface area contributed by atoms with Crippen LogP contribution in [0.25, 0.3) is 111 Å². The monoisotopic (exact) mass is 739 g/mol. The van der Waals surface area contributed by atoms with Gasteiger partial charge in [-0.15, -0.1) is 0 Å². The zero-order valence-electron chi connectivity index (χ0n) is 31.3. The van der Waals surface area contributed by atoms with Crippen molar-refractivity contribution in [3.8, 4) is 45.5 Å². The molecule has 0 radical (unpaired) electrons. The summed E-state index contributed by atoms with van der Waals surface area (Å²) in [6.07, 6.45) is 0. The van der Waals surface area contributed by atoms with E-state index < -0.39 is 0 Å².